The Hall–Kier alpha value is -1.06. The fourth-order valence-electron chi connectivity index (χ4n) is 2.67. The predicted octanol–water partition coefficient (Wildman–Crippen LogP) is 3.42. The van der Waals surface area contributed by atoms with E-state index in [1.54, 1.807) is 0 Å². The first-order chi connectivity index (χ1) is 10.3. The molecule has 1 saturated heterocycles. The molecule has 21 heavy (non-hydrogen) atoms. The van der Waals surface area contributed by atoms with Crippen LogP contribution in [-0.4, -0.2) is 32.4 Å². The summed E-state index contributed by atoms with van der Waals surface area (Å²) in [5.41, 5.74) is 1.37. The predicted molar refractivity (Wildman–Crippen MR) is 86.9 cm³/mol. The monoisotopic (exact) mass is 291 g/mol. The summed E-state index contributed by atoms with van der Waals surface area (Å²) in [6, 6.07) is 9.09. The second-order valence-electron chi connectivity index (χ2n) is 6.07. The third kappa shape index (κ3) is 6.06. The van der Waals surface area contributed by atoms with E-state index in [-0.39, 0.29) is 0 Å². The van der Waals surface area contributed by atoms with Crippen molar-refractivity contribution in [3.63, 3.8) is 0 Å². The SMILES string of the molecule is CCCNC(C)Cc1ccc(OCC2CCOCC2)cc1. The molecule has 1 unspecified atom stereocenters. The molecule has 1 aliphatic rings. The topological polar surface area (TPSA) is 30.5 Å². The molecule has 0 radical (unpaired) electrons. The molecular weight excluding hydrogens is 262 g/mol. The van der Waals surface area contributed by atoms with E-state index in [9.17, 15) is 0 Å². The van der Waals surface area contributed by atoms with Crippen molar-refractivity contribution in [3.8, 4) is 5.75 Å². The van der Waals surface area contributed by atoms with Gasteiger partial charge in [0.25, 0.3) is 0 Å². The third-order valence-corrected chi connectivity index (χ3v) is 4.03. The van der Waals surface area contributed by atoms with Crippen LogP contribution in [0, 0.1) is 5.92 Å². The Morgan fingerprint density at radius 3 is 2.62 bits per heavy atom. The third-order valence-electron chi connectivity index (χ3n) is 4.03. The summed E-state index contributed by atoms with van der Waals surface area (Å²) in [5.74, 6) is 1.64. The summed E-state index contributed by atoms with van der Waals surface area (Å²) < 4.78 is 11.3. The van der Waals surface area contributed by atoms with Crippen LogP contribution in [0.25, 0.3) is 0 Å². The van der Waals surface area contributed by atoms with E-state index in [1.807, 2.05) is 0 Å². The van der Waals surface area contributed by atoms with Crippen LogP contribution in [0.1, 0.15) is 38.7 Å². The van der Waals surface area contributed by atoms with Crippen molar-refractivity contribution in [2.45, 2.75) is 45.6 Å². The smallest absolute Gasteiger partial charge is 0.119 e. The molecule has 0 amide bonds. The summed E-state index contributed by atoms with van der Waals surface area (Å²) in [5, 5.41) is 3.52. The lowest BCUT2D eigenvalue weighted by Gasteiger charge is -2.22. The van der Waals surface area contributed by atoms with Gasteiger partial charge >= 0.3 is 0 Å². The maximum Gasteiger partial charge on any atom is 0.119 e. The highest BCUT2D eigenvalue weighted by molar-refractivity contribution is 5.27. The first kappa shape index (κ1) is 16.3. The van der Waals surface area contributed by atoms with Crippen molar-refractivity contribution in [1.29, 1.82) is 0 Å². The van der Waals surface area contributed by atoms with Crippen molar-refractivity contribution >= 4 is 0 Å². The quantitative estimate of drug-likeness (QED) is 0.796. The molecule has 3 nitrogen and oxygen atoms in total. The van der Waals surface area contributed by atoms with Crippen molar-refractivity contribution in [2.24, 2.45) is 5.92 Å². The Kier molecular flexibility index (Phi) is 7.04. The molecule has 1 atom stereocenters. The van der Waals surface area contributed by atoms with Gasteiger partial charge in [0.05, 0.1) is 6.61 Å². The minimum Gasteiger partial charge on any atom is -0.493 e. The Balaban J connectivity index is 1.73. The lowest BCUT2D eigenvalue weighted by Crippen LogP contribution is -2.28. The first-order valence-corrected chi connectivity index (χ1v) is 8.30. The molecule has 118 valence electrons. The maximum absolute atomic E-state index is 5.90. The van der Waals surface area contributed by atoms with Crippen LogP contribution >= 0.6 is 0 Å². The Bertz CT molecular complexity index is 385. The van der Waals surface area contributed by atoms with Gasteiger partial charge in [0.1, 0.15) is 5.75 Å². The molecule has 0 aliphatic carbocycles. The molecule has 1 fully saturated rings. The van der Waals surface area contributed by atoms with Crippen LogP contribution in [0.4, 0.5) is 0 Å². The van der Waals surface area contributed by atoms with Crippen LogP contribution in [-0.2, 0) is 11.2 Å². The molecule has 2 rings (SSSR count). The number of hydrogen-bond acceptors (Lipinski definition) is 3. The Labute approximate surface area is 129 Å². The summed E-state index contributed by atoms with van der Waals surface area (Å²) in [4.78, 5) is 0. The lowest BCUT2D eigenvalue weighted by molar-refractivity contribution is 0.0497. The van der Waals surface area contributed by atoms with Crippen LogP contribution in [0.5, 0.6) is 5.75 Å². The molecule has 1 aliphatic heterocycles. The molecule has 1 aromatic carbocycles. The highest BCUT2D eigenvalue weighted by Crippen LogP contribution is 2.18. The van der Waals surface area contributed by atoms with Crippen molar-refractivity contribution < 1.29 is 9.47 Å². The number of ether oxygens (including phenoxy) is 2. The van der Waals surface area contributed by atoms with E-state index >= 15 is 0 Å². The second-order valence-corrected chi connectivity index (χ2v) is 6.07. The van der Waals surface area contributed by atoms with Gasteiger partial charge in [-0.1, -0.05) is 19.1 Å². The van der Waals surface area contributed by atoms with Gasteiger partial charge < -0.3 is 14.8 Å². The molecule has 1 aromatic rings. The number of nitrogens with one attached hydrogen (secondary N) is 1. The number of benzene rings is 1. The van der Waals surface area contributed by atoms with E-state index < -0.39 is 0 Å². The van der Waals surface area contributed by atoms with Gasteiger partial charge in [-0.3, -0.25) is 0 Å². The van der Waals surface area contributed by atoms with Crippen molar-refractivity contribution in [1.82, 2.24) is 5.32 Å². The molecule has 3 heteroatoms. The summed E-state index contributed by atoms with van der Waals surface area (Å²) in [6.07, 6.45) is 4.50. The minimum atomic E-state index is 0.527. The molecule has 0 bridgehead atoms. The van der Waals surface area contributed by atoms with E-state index in [1.165, 1.54) is 12.0 Å². The lowest BCUT2D eigenvalue weighted by atomic mass is 10.0. The Morgan fingerprint density at radius 2 is 1.95 bits per heavy atom. The zero-order chi connectivity index (χ0) is 14.9. The average molecular weight is 291 g/mol. The normalized spacial score (nSPS) is 17.6. The highest BCUT2D eigenvalue weighted by Gasteiger charge is 2.14. The van der Waals surface area contributed by atoms with Crippen LogP contribution < -0.4 is 10.1 Å². The van der Waals surface area contributed by atoms with Gasteiger partial charge in [0.2, 0.25) is 0 Å². The fraction of sp³-hybridized carbons (Fsp3) is 0.667. The summed E-state index contributed by atoms with van der Waals surface area (Å²) in [7, 11) is 0. The van der Waals surface area contributed by atoms with Gasteiger partial charge in [-0.2, -0.15) is 0 Å². The van der Waals surface area contributed by atoms with Gasteiger partial charge in [-0.15, -0.1) is 0 Å². The Morgan fingerprint density at radius 1 is 1.24 bits per heavy atom. The second kappa shape index (κ2) is 9.06. The minimum absolute atomic E-state index is 0.527. The van der Waals surface area contributed by atoms with Crippen LogP contribution in [0.15, 0.2) is 24.3 Å². The molecule has 0 aromatic heterocycles. The molecule has 0 saturated carbocycles. The van der Waals surface area contributed by atoms with E-state index in [0.29, 0.717) is 12.0 Å². The highest BCUT2D eigenvalue weighted by atomic mass is 16.5. The largest absolute Gasteiger partial charge is 0.493 e. The van der Waals surface area contributed by atoms with Gasteiger partial charge in [0, 0.05) is 19.3 Å². The number of hydrogen-bond donors (Lipinski definition) is 1. The zero-order valence-electron chi connectivity index (χ0n) is 13.4. The zero-order valence-corrected chi connectivity index (χ0v) is 13.4. The standard InChI is InChI=1S/C18H29NO2/c1-3-10-19-15(2)13-16-4-6-18(7-5-16)21-14-17-8-11-20-12-9-17/h4-7,15,17,19H,3,8-14H2,1-2H3. The summed E-state index contributed by atoms with van der Waals surface area (Å²) >= 11 is 0. The first-order valence-electron chi connectivity index (χ1n) is 8.30. The van der Waals surface area contributed by atoms with Crippen LogP contribution in [0.3, 0.4) is 0 Å². The van der Waals surface area contributed by atoms with Crippen molar-refractivity contribution in [2.75, 3.05) is 26.4 Å². The van der Waals surface area contributed by atoms with E-state index in [4.69, 9.17) is 9.47 Å². The van der Waals surface area contributed by atoms with E-state index in [2.05, 4.69) is 43.4 Å². The van der Waals surface area contributed by atoms with Gasteiger partial charge in [-0.05, 0) is 62.8 Å². The van der Waals surface area contributed by atoms with Gasteiger partial charge in [0.15, 0.2) is 0 Å². The molecular formula is C18H29NO2. The van der Waals surface area contributed by atoms with Crippen molar-refractivity contribution in [3.05, 3.63) is 29.8 Å². The molecule has 0 spiro atoms. The fourth-order valence-corrected chi connectivity index (χ4v) is 2.67. The average Bonchev–Trinajstić information content (AvgIpc) is 2.53. The maximum atomic E-state index is 5.90. The molecule has 1 heterocycles. The van der Waals surface area contributed by atoms with E-state index in [0.717, 1.165) is 51.4 Å². The van der Waals surface area contributed by atoms with Gasteiger partial charge in [-0.25, -0.2) is 0 Å². The van der Waals surface area contributed by atoms with Crippen LogP contribution in [0.2, 0.25) is 0 Å². The molecule has 1 N–H and O–H groups in total. The summed E-state index contributed by atoms with van der Waals surface area (Å²) in [6.45, 7) is 8.12. The number of rotatable bonds is 8.